The van der Waals surface area contributed by atoms with E-state index in [1.807, 2.05) is 0 Å². The summed E-state index contributed by atoms with van der Waals surface area (Å²) in [5.41, 5.74) is 0.382. The first-order valence-electron chi connectivity index (χ1n) is 3.56. The molecule has 3 N–H and O–H groups in total. The minimum Gasteiger partial charge on any atom is -0.492 e. The molecule has 0 radical (unpaired) electrons. The van der Waals surface area contributed by atoms with Gasteiger partial charge in [-0.3, -0.25) is 5.10 Å². The SMILES string of the molecule is O=C(O)c1n[nH]c2cc(Br)c(O)nc12. The lowest BCUT2D eigenvalue weighted by atomic mass is 10.3. The zero-order valence-corrected chi connectivity index (χ0v) is 8.24. The molecule has 0 aliphatic rings. The third-order valence-corrected chi connectivity index (χ3v) is 2.26. The third-order valence-electron chi connectivity index (χ3n) is 1.67. The maximum atomic E-state index is 10.7. The highest BCUT2D eigenvalue weighted by molar-refractivity contribution is 9.10. The first kappa shape index (κ1) is 8.95. The van der Waals surface area contributed by atoms with Crippen LogP contribution < -0.4 is 0 Å². The van der Waals surface area contributed by atoms with Crippen molar-refractivity contribution in [3.63, 3.8) is 0 Å². The summed E-state index contributed by atoms with van der Waals surface area (Å²) in [6.07, 6.45) is 0. The Kier molecular flexibility index (Phi) is 1.88. The van der Waals surface area contributed by atoms with Crippen molar-refractivity contribution < 1.29 is 15.0 Å². The summed E-state index contributed by atoms with van der Waals surface area (Å²) in [4.78, 5) is 14.3. The molecular weight excluding hydrogens is 254 g/mol. The molecule has 6 nitrogen and oxygen atoms in total. The number of carboxylic acid groups (broad SMARTS) is 1. The van der Waals surface area contributed by atoms with E-state index in [0.717, 1.165) is 0 Å². The standard InChI is InChI=1S/C7H4BrN3O3/c8-2-1-3-4(9-6(2)12)5(7(13)14)11-10-3/h1H,(H,9,12)(H,10,11)(H,13,14). The molecule has 14 heavy (non-hydrogen) atoms. The Hall–Kier alpha value is -1.63. The molecule has 0 unspecified atom stereocenters. The summed E-state index contributed by atoms with van der Waals surface area (Å²) in [6, 6.07) is 1.51. The number of carbonyl (C=O) groups is 1. The fraction of sp³-hybridized carbons (Fsp3) is 0. The molecule has 7 heteroatoms. The molecular formula is C7H4BrN3O3. The van der Waals surface area contributed by atoms with Gasteiger partial charge >= 0.3 is 5.97 Å². The fourth-order valence-electron chi connectivity index (χ4n) is 1.06. The van der Waals surface area contributed by atoms with Crippen LogP contribution in [0, 0.1) is 0 Å². The molecule has 2 heterocycles. The van der Waals surface area contributed by atoms with Crippen molar-refractivity contribution in [1.29, 1.82) is 0 Å². The smallest absolute Gasteiger partial charge is 0.358 e. The molecule has 0 aliphatic carbocycles. The average molecular weight is 258 g/mol. The second-order valence-corrected chi connectivity index (χ2v) is 3.42. The molecule has 2 rings (SSSR count). The quantitative estimate of drug-likeness (QED) is 0.711. The number of nitrogens with zero attached hydrogens (tertiary/aromatic N) is 2. The van der Waals surface area contributed by atoms with Crippen LogP contribution in [0.1, 0.15) is 10.5 Å². The van der Waals surface area contributed by atoms with Crippen LogP contribution in [0.15, 0.2) is 10.5 Å². The molecule has 0 aromatic carbocycles. The summed E-state index contributed by atoms with van der Waals surface area (Å²) >= 11 is 3.05. The molecule has 72 valence electrons. The van der Waals surface area contributed by atoms with Crippen molar-refractivity contribution >= 4 is 32.9 Å². The zero-order valence-electron chi connectivity index (χ0n) is 6.65. The first-order valence-corrected chi connectivity index (χ1v) is 4.36. The van der Waals surface area contributed by atoms with Crippen LogP contribution in [0.25, 0.3) is 11.0 Å². The van der Waals surface area contributed by atoms with Crippen molar-refractivity contribution in [3.05, 3.63) is 16.2 Å². The summed E-state index contributed by atoms with van der Waals surface area (Å²) in [7, 11) is 0. The lowest BCUT2D eigenvalue weighted by Crippen LogP contribution is -1.97. The van der Waals surface area contributed by atoms with Gasteiger partial charge in [0.1, 0.15) is 5.52 Å². The van der Waals surface area contributed by atoms with E-state index in [9.17, 15) is 9.90 Å². The van der Waals surface area contributed by atoms with Gasteiger partial charge in [0.05, 0.1) is 9.99 Å². The fourth-order valence-corrected chi connectivity index (χ4v) is 1.38. The van der Waals surface area contributed by atoms with E-state index in [0.29, 0.717) is 9.99 Å². The minimum absolute atomic E-state index is 0.137. The monoisotopic (exact) mass is 257 g/mol. The predicted molar refractivity (Wildman–Crippen MR) is 50.2 cm³/mol. The molecule has 0 saturated carbocycles. The van der Waals surface area contributed by atoms with E-state index in [2.05, 4.69) is 31.1 Å². The lowest BCUT2D eigenvalue weighted by molar-refractivity contribution is 0.0692. The summed E-state index contributed by atoms with van der Waals surface area (Å²) < 4.78 is 0.380. The average Bonchev–Trinajstić information content (AvgIpc) is 2.48. The van der Waals surface area contributed by atoms with E-state index >= 15 is 0 Å². The largest absolute Gasteiger partial charge is 0.492 e. The van der Waals surface area contributed by atoms with E-state index in [-0.39, 0.29) is 17.1 Å². The number of nitrogens with one attached hydrogen (secondary N) is 1. The van der Waals surface area contributed by atoms with Gasteiger partial charge in [0, 0.05) is 0 Å². The Morgan fingerprint density at radius 2 is 2.29 bits per heavy atom. The summed E-state index contributed by atoms with van der Waals surface area (Å²) in [5, 5.41) is 24.0. The summed E-state index contributed by atoms with van der Waals surface area (Å²) in [6.45, 7) is 0. The number of fused-ring (bicyclic) bond motifs is 1. The Bertz CT molecular complexity index is 522. The van der Waals surface area contributed by atoms with E-state index < -0.39 is 5.97 Å². The van der Waals surface area contributed by atoms with Crippen molar-refractivity contribution in [1.82, 2.24) is 15.2 Å². The molecule has 0 atom stereocenters. The van der Waals surface area contributed by atoms with Gasteiger partial charge in [-0.1, -0.05) is 0 Å². The zero-order chi connectivity index (χ0) is 10.3. The number of aromatic hydroxyl groups is 1. The third kappa shape index (κ3) is 1.22. The normalized spacial score (nSPS) is 10.6. The Labute approximate surface area is 85.7 Å². The maximum absolute atomic E-state index is 10.7. The van der Waals surface area contributed by atoms with Crippen molar-refractivity contribution in [2.75, 3.05) is 0 Å². The van der Waals surface area contributed by atoms with Gasteiger partial charge in [0.2, 0.25) is 5.88 Å². The number of rotatable bonds is 1. The molecule has 0 bridgehead atoms. The highest BCUT2D eigenvalue weighted by atomic mass is 79.9. The van der Waals surface area contributed by atoms with Gasteiger partial charge in [-0.2, -0.15) is 5.10 Å². The van der Waals surface area contributed by atoms with Gasteiger partial charge in [0.15, 0.2) is 5.69 Å². The second kappa shape index (κ2) is 2.95. The second-order valence-electron chi connectivity index (χ2n) is 2.57. The van der Waals surface area contributed by atoms with Crippen molar-refractivity contribution in [3.8, 4) is 5.88 Å². The number of H-pyrrole nitrogens is 1. The number of hydrogen-bond donors (Lipinski definition) is 3. The number of hydrogen-bond acceptors (Lipinski definition) is 4. The van der Waals surface area contributed by atoms with Crippen LogP contribution in [0.4, 0.5) is 0 Å². The number of carboxylic acids is 1. The minimum atomic E-state index is -1.19. The highest BCUT2D eigenvalue weighted by Crippen LogP contribution is 2.26. The van der Waals surface area contributed by atoms with Crippen LogP contribution in [0.3, 0.4) is 0 Å². The van der Waals surface area contributed by atoms with Crippen LogP contribution >= 0.6 is 15.9 Å². The molecule has 0 aliphatic heterocycles. The van der Waals surface area contributed by atoms with Crippen LogP contribution in [0.2, 0.25) is 0 Å². The molecule has 0 saturated heterocycles. The molecule has 2 aromatic heterocycles. The van der Waals surface area contributed by atoms with Gasteiger partial charge < -0.3 is 10.2 Å². The van der Waals surface area contributed by atoms with Gasteiger partial charge in [-0.25, -0.2) is 9.78 Å². The Morgan fingerprint density at radius 1 is 1.57 bits per heavy atom. The summed E-state index contributed by atoms with van der Waals surface area (Å²) in [5.74, 6) is -1.45. The number of aromatic nitrogens is 3. The molecule has 0 spiro atoms. The first-order chi connectivity index (χ1) is 6.59. The van der Waals surface area contributed by atoms with Gasteiger partial charge in [0.25, 0.3) is 0 Å². The van der Waals surface area contributed by atoms with E-state index in [1.165, 1.54) is 6.07 Å². The number of pyridine rings is 1. The topological polar surface area (TPSA) is 99.1 Å². The maximum Gasteiger partial charge on any atom is 0.358 e. The number of aromatic amines is 1. The van der Waals surface area contributed by atoms with Crippen LogP contribution in [-0.2, 0) is 0 Å². The van der Waals surface area contributed by atoms with Crippen molar-refractivity contribution in [2.24, 2.45) is 0 Å². The highest BCUT2D eigenvalue weighted by Gasteiger charge is 2.15. The number of aromatic carboxylic acids is 1. The Morgan fingerprint density at radius 3 is 2.93 bits per heavy atom. The predicted octanol–water partition coefficient (Wildman–Crippen LogP) is 1.12. The molecule has 0 fully saturated rings. The van der Waals surface area contributed by atoms with Crippen molar-refractivity contribution in [2.45, 2.75) is 0 Å². The van der Waals surface area contributed by atoms with Gasteiger partial charge in [-0.15, -0.1) is 0 Å². The van der Waals surface area contributed by atoms with Gasteiger partial charge in [-0.05, 0) is 22.0 Å². The molecule has 2 aromatic rings. The Balaban J connectivity index is 2.80. The van der Waals surface area contributed by atoms with Crippen LogP contribution in [0.5, 0.6) is 5.88 Å². The van der Waals surface area contributed by atoms with Crippen LogP contribution in [-0.4, -0.2) is 31.4 Å². The van der Waals surface area contributed by atoms with E-state index in [4.69, 9.17) is 5.11 Å². The number of halogens is 1. The van der Waals surface area contributed by atoms with E-state index in [1.54, 1.807) is 0 Å². The molecule has 0 amide bonds. The lowest BCUT2D eigenvalue weighted by Gasteiger charge is -1.95.